The molecule has 0 saturated carbocycles. The van der Waals surface area contributed by atoms with E-state index in [0.29, 0.717) is 60.5 Å². The molecule has 40 heavy (non-hydrogen) atoms. The van der Waals surface area contributed by atoms with Crippen LogP contribution in [-0.4, -0.2) is 71.2 Å². The van der Waals surface area contributed by atoms with Gasteiger partial charge >= 0.3 is 6.61 Å². The van der Waals surface area contributed by atoms with Crippen molar-refractivity contribution in [3.8, 4) is 5.75 Å². The minimum absolute atomic E-state index is 0.0141. The number of ether oxygens (including phenoxy) is 3. The van der Waals surface area contributed by atoms with Crippen LogP contribution in [0.25, 0.3) is 5.57 Å². The molecular formula is C29H29F3N4O4. The fourth-order valence-electron chi connectivity index (χ4n) is 5.88. The Balaban J connectivity index is 1.33. The average Bonchev–Trinajstić information content (AvgIpc) is 3.22. The molecule has 4 aliphatic rings. The zero-order chi connectivity index (χ0) is 28.0. The van der Waals surface area contributed by atoms with E-state index in [-0.39, 0.29) is 29.8 Å². The van der Waals surface area contributed by atoms with E-state index < -0.39 is 24.5 Å². The maximum Gasteiger partial charge on any atom is 0.387 e. The number of nitrogens with zero attached hydrogens (tertiary/aromatic N) is 4. The number of aliphatic hydroxyl groups excluding tert-OH is 1. The number of allylic oxidation sites excluding steroid dienone is 4. The number of halogens is 3. The van der Waals surface area contributed by atoms with Crippen LogP contribution in [0.1, 0.15) is 30.4 Å². The van der Waals surface area contributed by atoms with Gasteiger partial charge in [0, 0.05) is 52.6 Å². The molecule has 2 atom stereocenters. The summed E-state index contributed by atoms with van der Waals surface area (Å²) in [6, 6.07) is 6.53. The Morgan fingerprint density at radius 2 is 1.73 bits per heavy atom. The molecule has 4 heterocycles. The van der Waals surface area contributed by atoms with E-state index >= 15 is 4.39 Å². The minimum atomic E-state index is -3.00. The summed E-state index contributed by atoms with van der Waals surface area (Å²) >= 11 is 0. The third kappa shape index (κ3) is 4.78. The van der Waals surface area contributed by atoms with Crippen molar-refractivity contribution in [2.45, 2.75) is 44.1 Å². The lowest BCUT2D eigenvalue weighted by Gasteiger charge is -2.45. The normalized spacial score (nSPS) is 26.8. The first kappa shape index (κ1) is 26.5. The molecule has 1 aromatic carbocycles. The van der Waals surface area contributed by atoms with Gasteiger partial charge in [0.15, 0.2) is 0 Å². The lowest BCUT2D eigenvalue weighted by molar-refractivity contribution is -0.0506. The number of aromatic nitrogens is 2. The van der Waals surface area contributed by atoms with Crippen LogP contribution < -0.4 is 9.64 Å². The van der Waals surface area contributed by atoms with Gasteiger partial charge < -0.3 is 29.1 Å². The van der Waals surface area contributed by atoms with E-state index in [0.717, 1.165) is 0 Å². The van der Waals surface area contributed by atoms with E-state index in [1.807, 2.05) is 0 Å². The largest absolute Gasteiger partial charge is 0.435 e. The van der Waals surface area contributed by atoms with Gasteiger partial charge in [-0.3, -0.25) is 0 Å². The highest BCUT2D eigenvalue weighted by molar-refractivity contribution is 5.79. The third-order valence-corrected chi connectivity index (χ3v) is 7.79. The van der Waals surface area contributed by atoms with Gasteiger partial charge in [-0.25, -0.2) is 14.4 Å². The van der Waals surface area contributed by atoms with Gasteiger partial charge in [-0.1, -0.05) is 24.8 Å². The zero-order valence-corrected chi connectivity index (χ0v) is 21.8. The van der Waals surface area contributed by atoms with Crippen molar-refractivity contribution in [1.29, 1.82) is 0 Å². The Hall–Kier alpha value is -3.67. The number of hydrogen-bond acceptors (Lipinski definition) is 8. The summed E-state index contributed by atoms with van der Waals surface area (Å²) < 4.78 is 57.7. The van der Waals surface area contributed by atoms with E-state index in [9.17, 15) is 13.9 Å². The summed E-state index contributed by atoms with van der Waals surface area (Å²) in [6.07, 6.45) is 5.49. The molecule has 6 rings (SSSR count). The Kier molecular flexibility index (Phi) is 7.11. The number of morpholine rings is 2. The van der Waals surface area contributed by atoms with Gasteiger partial charge in [0.25, 0.3) is 0 Å². The molecule has 1 aromatic heterocycles. The van der Waals surface area contributed by atoms with Crippen LogP contribution in [0.15, 0.2) is 78.3 Å². The highest BCUT2D eigenvalue weighted by Gasteiger charge is 2.39. The molecule has 8 nitrogen and oxygen atoms in total. The second-order valence-electron chi connectivity index (χ2n) is 10.2. The van der Waals surface area contributed by atoms with Crippen LogP contribution in [0, 0.1) is 0 Å². The van der Waals surface area contributed by atoms with Crippen LogP contribution in [0.2, 0.25) is 0 Å². The molecule has 1 N–H and O–H groups in total. The van der Waals surface area contributed by atoms with Crippen molar-refractivity contribution in [2.75, 3.05) is 31.3 Å². The summed E-state index contributed by atoms with van der Waals surface area (Å²) in [7, 11) is 0. The molecule has 210 valence electrons. The molecular weight excluding hydrogens is 525 g/mol. The van der Waals surface area contributed by atoms with Crippen LogP contribution in [-0.2, 0) is 9.47 Å². The number of fused-ring (bicyclic) bond motifs is 2. The Bertz CT molecular complexity index is 1370. The maximum absolute atomic E-state index is 15.3. The van der Waals surface area contributed by atoms with Crippen LogP contribution in [0.5, 0.6) is 5.75 Å². The monoisotopic (exact) mass is 554 g/mol. The second-order valence-corrected chi connectivity index (χ2v) is 10.2. The predicted molar refractivity (Wildman–Crippen MR) is 141 cm³/mol. The van der Waals surface area contributed by atoms with E-state index in [1.165, 1.54) is 12.1 Å². The van der Waals surface area contributed by atoms with Crippen molar-refractivity contribution in [3.63, 3.8) is 0 Å². The molecule has 0 unspecified atom stereocenters. The van der Waals surface area contributed by atoms with Crippen molar-refractivity contribution in [3.05, 3.63) is 89.4 Å². The lowest BCUT2D eigenvalue weighted by Crippen LogP contribution is -2.60. The Morgan fingerprint density at radius 1 is 1.07 bits per heavy atom. The van der Waals surface area contributed by atoms with E-state index in [1.54, 1.807) is 48.6 Å². The third-order valence-electron chi connectivity index (χ3n) is 7.79. The van der Waals surface area contributed by atoms with Gasteiger partial charge in [0.1, 0.15) is 11.6 Å². The minimum Gasteiger partial charge on any atom is -0.435 e. The Morgan fingerprint density at radius 3 is 2.38 bits per heavy atom. The first-order valence-corrected chi connectivity index (χ1v) is 13.1. The van der Waals surface area contributed by atoms with Crippen molar-refractivity contribution in [2.24, 2.45) is 0 Å². The number of hydrogen-bond donors (Lipinski definition) is 1. The number of rotatable bonds is 6. The van der Waals surface area contributed by atoms with Gasteiger partial charge in [0.05, 0.1) is 44.6 Å². The summed E-state index contributed by atoms with van der Waals surface area (Å²) in [5.41, 5.74) is 2.79. The van der Waals surface area contributed by atoms with Crippen molar-refractivity contribution in [1.82, 2.24) is 14.9 Å². The number of anilines is 1. The molecule has 0 radical (unpaired) electrons. The molecule has 1 aliphatic carbocycles. The van der Waals surface area contributed by atoms with Gasteiger partial charge in [0.2, 0.25) is 5.95 Å². The molecule has 2 bridgehead atoms. The molecule has 0 amide bonds. The quantitative estimate of drug-likeness (QED) is 0.558. The SMILES string of the molecule is C=C1C=C(F)C(c2cnc(N3C4COCC3COC4)nc2)=CN1C1=C(C)[C@H](O)C[C@@H]1c1ccccc1OC(F)F. The van der Waals surface area contributed by atoms with Gasteiger partial charge in [-0.15, -0.1) is 0 Å². The maximum atomic E-state index is 15.3. The molecule has 2 aromatic rings. The lowest BCUT2D eigenvalue weighted by atomic mass is 9.93. The molecule has 2 fully saturated rings. The number of benzene rings is 1. The smallest absolute Gasteiger partial charge is 0.387 e. The molecule has 0 spiro atoms. The topological polar surface area (TPSA) is 80.2 Å². The molecule has 11 heteroatoms. The Labute approximate surface area is 229 Å². The predicted octanol–water partition coefficient (Wildman–Crippen LogP) is 4.53. The van der Waals surface area contributed by atoms with Crippen LogP contribution >= 0.6 is 0 Å². The van der Waals surface area contributed by atoms with Gasteiger partial charge in [-0.2, -0.15) is 8.78 Å². The molecule has 3 aliphatic heterocycles. The fourth-order valence-corrected chi connectivity index (χ4v) is 5.88. The summed E-state index contributed by atoms with van der Waals surface area (Å²) in [5, 5.41) is 10.8. The van der Waals surface area contributed by atoms with Crippen molar-refractivity contribution < 1.29 is 32.5 Å². The first-order chi connectivity index (χ1) is 19.3. The summed E-state index contributed by atoms with van der Waals surface area (Å²) in [5.74, 6) is -0.447. The number of alkyl halides is 2. The van der Waals surface area contributed by atoms with Crippen LogP contribution in [0.4, 0.5) is 19.1 Å². The summed E-state index contributed by atoms with van der Waals surface area (Å²) in [6.45, 7) is 4.88. The fraction of sp³-hybridized carbons (Fsp3) is 0.379. The van der Waals surface area contributed by atoms with E-state index in [2.05, 4.69) is 21.4 Å². The average molecular weight is 555 g/mol. The second kappa shape index (κ2) is 10.7. The standard InChI is InChI=1S/C29H29F3N4O4/c1-16-7-24(30)23(18-9-33-29(34-10-18)36-19-12-38-14-20(36)15-39-13-19)11-35(16)27-17(2)25(37)8-22(27)21-5-3-4-6-26(21)40-28(31)32/h3-7,9-11,19-20,22,25,28,37H,1,8,12-15H2,2H3/t19?,20?,22-,25-/m1/s1. The van der Waals surface area contributed by atoms with Gasteiger partial charge in [-0.05, 0) is 31.1 Å². The molecule has 2 saturated heterocycles. The highest BCUT2D eigenvalue weighted by Crippen LogP contribution is 2.47. The van der Waals surface area contributed by atoms with Crippen LogP contribution in [0.3, 0.4) is 0 Å². The highest BCUT2D eigenvalue weighted by atomic mass is 19.3. The number of para-hydroxylation sites is 1. The zero-order valence-electron chi connectivity index (χ0n) is 21.8. The first-order valence-electron chi connectivity index (χ1n) is 13.1. The van der Waals surface area contributed by atoms with Crippen molar-refractivity contribution >= 4 is 11.5 Å². The van der Waals surface area contributed by atoms with E-state index in [4.69, 9.17) is 14.2 Å². The summed E-state index contributed by atoms with van der Waals surface area (Å²) in [4.78, 5) is 12.9. The number of aliphatic hydroxyl groups is 1.